The van der Waals surface area contributed by atoms with Gasteiger partial charge < -0.3 is 4.74 Å². The predicted molar refractivity (Wildman–Crippen MR) is 71.0 cm³/mol. The summed E-state index contributed by atoms with van der Waals surface area (Å²) in [5.41, 5.74) is 0.717. The molecule has 0 aliphatic carbocycles. The van der Waals surface area contributed by atoms with Crippen LogP contribution in [0.25, 0.3) is 11.1 Å². The zero-order valence-corrected chi connectivity index (χ0v) is 11.3. The smallest absolute Gasteiger partial charge is 0.359 e. The molecule has 0 saturated carbocycles. The van der Waals surface area contributed by atoms with Gasteiger partial charge in [0.2, 0.25) is 0 Å². The first-order valence-corrected chi connectivity index (χ1v) is 5.97. The molecule has 0 aliphatic rings. The molecule has 0 bridgehead atoms. The summed E-state index contributed by atoms with van der Waals surface area (Å²) in [7, 11) is 1.16. The van der Waals surface area contributed by atoms with E-state index in [1.165, 1.54) is 12.3 Å². The minimum absolute atomic E-state index is 0.362. The van der Waals surface area contributed by atoms with Crippen LogP contribution < -0.4 is 0 Å². The molecule has 2 rings (SSSR count). The van der Waals surface area contributed by atoms with Crippen molar-refractivity contribution in [2.75, 3.05) is 7.11 Å². The van der Waals surface area contributed by atoms with Gasteiger partial charge in [-0.05, 0) is 29.8 Å². The van der Waals surface area contributed by atoms with Crippen molar-refractivity contribution in [1.29, 1.82) is 0 Å². The number of hydrogen-bond acceptors (Lipinski definition) is 3. The van der Waals surface area contributed by atoms with Gasteiger partial charge in [0.05, 0.1) is 7.11 Å². The zero-order chi connectivity index (χ0) is 14.0. The average Bonchev–Trinajstić information content (AvgIpc) is 2.36. The highest BCUT2D eigenvalue weighted by atomic mass is 35.5. The van der Waals surface area contributed by atoms with Crippen molar-refractivity contribution in [3.05, 3.63) is 52.0 Å². The van der Waals surface area contributed by atoms with E-state index in [0.717, 1.165) is 7.11 Å². The lowest BCUT2D eigenvalue weighted by Gasteiger charge is -2.05. The Hall–Kier alpha value is -1.65. The molecule has 19 heavy (non-hydrogen) atoms. The Kier molecular flexibility index (Phi) is 4.02. The summed E-state index contributed by atoms with van der Waals surface area (Å²) in [6.45, 7) is 0. The standard InChI is InChI=1S/C13H8Cl2FNO2/c1-19-13(18)12-11(16)4-8(6-17-12)7-2-9(14)5-10(15)3-7/h2-6H,1H3. The SMILES string of the molecule is COC(=O)c1ncc(-c2cc(Cl)cc(Cl)c2)cc1F. The third-order valence-corrected chi connectivity index (χ3v) is 2.85. The number of ether oxygens (including phenoxy) is 1. The second-order valence-electron chi connectivity index (χ2n) is 3.70. The first-order valence-electron chi connectivity index (χ1n) is 5.21. The number of pyridine rings is 1. The van der Waals surface area contributed by atoms with E-state index in [1.807, 2.05) is 0 Å². The van der Waals surface area contributed by atoms with Crippen LogP contribution in [0.15, 0.2) is 30.5 Å². The molecule has 0 spiro atoms. The van der Waals surface area contributed by atoms with Crippen LogP contribution in [-0.2, 0) is 4.74 Å². The van der Waals surface area contributed by atoms with Crippen LogP contribution in [0.1, 0.15) is 10.5 Å². The molecule has 6 heteroatoms. The number of carbonyl (C=O) groups excluding carboxylic acids is 1. The Morgan fingerprint density at radius 3 is 2.32 bits per heavy atom. The van der Waals surface area contributed by atoms with Gasteiger partial charge in [-0.2, -0.15) is 0 Å². The van der Waals surface area contributed by atoms with Crippen LogP contribution in [0.4, 0.5) is 4.39 Å². The molecule has 0 atom stereocenters. The highest BCUT2D eigenvalue weighted by Gasteiger charge is 2.15. The van der Waals surface area contributed by atoms with E-state index >= 15 is 0 Å². The van der Waals surface area contributed by atoms with Gasteiger partial charge in [0, 0.05) is 21.8 Å². The molecule has 0 radical (unpaired) electrons. The summed E-state index contributed by atoms with van der Waals surface area (Å²) in [6.07, 6.45) is 1.36. The van der Waals surface area contributed by atoms with E-state index in [-0.39, 0.29) is 5.69 Å². The predicted octanol–water partition coefficient (Wildman–Crippen LogP) is 3.98. The number of esters is 1. The summed E-state index contributed by atoms with van der Waals surface area (Å²) in [4.78, 5) is 15.0. The van der Waals surface area contributed by atoms with Gasteiger partial charge >= 0.3 is 5.97 Å². The molecule has 0 fully saturated rings. The van der Waals surface area contributed by atoms with Gasteiger partial charge in [-0.1, -0.05) is 23.2 Å². The first kappa shape index (κ1) is 13.8. The lowest BCUT2D eigenvalue weighted by Crippen LogP contribution is -2.07. The van der Waals surface area contributed by atoms with Crippen LogP contribution in [0, 0.1) is 5.82 Å². The van der Waals surface area contributed by atoms with Crippen molar-refractivity contribution in [2.24, 2.45) is 0 Å². The lowest BCUT2D eigenvalue weighted by atomic mass is 10.1. The Labute approximate surface area is 118 Å². The van der Waals surface area contributed by atoms with Crippen LogP contribution in [0.3, 0.4) is 0 Å². The molecular weight excluding hydrogens is 292 g/mol. The molecule has 2 aromatic rings. The van der Waals surface area contributed by atoms with Crippen molar-refractivity contribution in [1.82, 2.24) is 4.98 Å². The minimum atomic E-state index is -0.826. The second kappa shape index (κ2) is 5.55. The summed E-state index contributed by atoms with van der Waals surface area (Å²) in [6, 6.07) is 6.00. The van der Waals surface area contributed by atoms with Gasteiger partial charge in [-0.3, -0.25) is 0 Å². The summed E-state index contributed by atoms with van der Waals surface area (Å²) in [5.74, 6) is -1.59. The lowest BCUT2D eigenvalue weighted by molar-refractivity contribution is 0.0588. The Morgan fingerprint density at radius 2 is 1.79 bits per heavy atom. The van der Waals surface area contributed by atoms with Gasteiger partial charge in [-0.15, -0.1) is 0 Å². The fourth-order valence-electron chi connectivity index (χ4n) is 1.56. The highest BCUT2D eigenvalue weighted by molar-refractivity contribution is 6.35. The molecule has 1 aromatic heterocycles. The number of benzene rings is 1. The topological polar surface area (TPSA) is 39.2 Å². The van der Waals surface area contributed by atoms with Gasteiger partial charge in [-0.25, -0.2) is 14.2 Å². The monoisotopic (exact) mass is 299 g/mol. The molecule has 1 aromatic carbocycles. The molecular formula is C13H8Cl2FNO2. The number of methoxy groups -OCH3 is 1. The summed E-state index contributed by atoms with van der Waals surface area (Å²) < 4.78 is 18.2. The van der Waals surface area contributed by atoms with E-state index in [9.17, 15) is 9.18 Å². The largest absolute Gasteiger partial charge is 0.464 e. The van der Waals surface area contributed by atoms with E-state index in [4.69, 9.17) is 23.2 Å². The fourth-order valence-corrected chi connectivity index (χ4v) is 2.09. The second-order valence-corrected chi connectivity index (χ2v) is 4.58. The molecule has 0 N–H and O–H groups in total. The maximum Gasteiger partial charge on any atom is 0.359 e. The number of rotatable bonds is 2. The van der Waals surface area contributed by atoms with E-state index in [0.29, 0.717) is 21.2 Å². The normalized spacial score (nSPS) is 10.3. The van der Waals surface area contributed by atoms with Crippen molar-refractivity contribution in [3.8, 4) is 11.1 Å². The zero-order valence-electron chi connectivity index (χ0n) is 9.78. The van der Waals surface area contributed by atoms with Crippen LogP contribution >= 0.6 is 23.2 Å². The number of halogens is 3. The Bertz CT molecular complexity index is 626. The average molecular weight is 300 g/mol. The molecule has 0 amide bonds. The quantitative estimate of drug-likeness (QED) is 0.787. The third-order valence-electron chi connectivity index (χ3n) is 2.42. The van der Waals surface area contributed by atoms with Crippen molar-refractivity contribution >= 4 is 29.2 Å². The first-order chi connectivity index (χ1) is 9.01. The minimum Gasteiger partial charge on any atom is -0.464 e. The van der Waals surface area contributed by atoms with Crippen molar-refractivity contribution in [2.45, 2.75) is 0 Å². The summed E-state index contributed by atoms with van der Waals surface area (Å²) >= 11 is 11.7. The van der Waals surface area contributed by atoms with Crippen molar-refractivity contribution in [3.63, 3.8) is 0 Å². The van der Waals surface area contributed by atoms with Gasteiger partial charge in [0.25, 0.3) is 0 Å². The molecule has 0 saturated heterocycles. The third kappa shape index (κ3) is 3.03. The molecule has 3 nitrogen and oxygen atoms in total. The van der Waals surface area contributed by atoms with Crippen molar-refractivity contribution < 1.29 is 13.9 Å². The number of aromatic nitrogens is 1. The number of carbonyl (C=O) groups is 1. The molecule has 1 heterocycles. The summed E-state index contributed by atoms with van der Waals surface area (Å²) in [5, 5.41) is 0.861. The number of hydrogen-bond donors (Lipinski definition) is 0. The van der Waals surface area contributed by atoms with Gasteiger partial charge in [0.1, 0.15) is 0 Å². The molecule has 0 aliphatic heterocycles. The maximum atomic E-state index is 13.7. The maximum absolute atomic E-state index is 13.7. The van der Waals surface area contributed by atoms with Crippen LogP contribution in [0.2, 0.25) is 10.0 Å². The van der Waals surface area contributed by atoms with E-state index < -0.39 is 11.8 Å². The number of nitrogens with zero attached hydrogens (tertiary/aromatic N) is 1. The highest BCUT2D eigenvalue weighted by Crippen LogP contribution is 2.27. The molecule has 0 unspecified atom stereocenters. The fraction of sp³-hybridized carbons (Fsp3) is 0.0769. The van der Waals surface area contributed by atoms with Crippen LogP contribution in [0.5, 0.6) is 0 Å². The van der Waals surface area contributed by atoms with Gasteiger partial charge in [0.15, 0.2) is 11.5 Å². The molecule has 98 valence electrons. The van der Waals surface area contributed by atoms with Crippen LogP contribution in [-0.4, -0.2) is 18.1 Å². The Balaban J connectivity index is 2.47. The van der Waals surface area contributed by atoms with E-state index in [1.54, 1.807) is 18.2 Å². The van der Waals surface area contributed by atoms with E-state index in [2.05, 4.69) is 9.72 Å². The Morgan fingerprint density at radius 1 is 1.16 bits per heavy atom.